The van der Waals surface area contributed by atoms with Crippen LogP contribution in [0.5, 0.6) is 0 Å². The molecule has 0 unspecified atom stereocenters. The van der Waals surface area contributed by atoms with Gasteiger partial charge in [-0.05, 0) is 112 Å². The summed E-state index contributed by atoms with van der Waals surface area (Å²) in [7, 11) is 0. The number of rotatable bonds is 7. The highest BCUT2D eigenvalue weighted by Gasteiger charge is 2.22. The van der Waals surface area contributed by atoms with Crippen molar-refractivity contribution < 1.29 is 4.42 Å². The summed E-state index contributed by atoms with van der Waals surface area (Å²) in [4.78, 5) is 15.6. The maximum atomic E-state index is 9.54. The Morgan fingerprint density at radius 2 is 0.803 bits per heavy atom. The van der Waals surface area contributed by atoms with Crippen molar-refractivity contribution in [3.63, 3.8) is 0 Å². The van der Waals surface area contributed by atoms with Crippen LogP contribution in [0, 0.1) is 22.7 Å². The van der Waals surface area contributed by atoms with Gasteiger partial charge in [-0.1, -0.05) is 127 Å². The third-order valence-electron chi connectivity index (χ3n) is 12.3. The Hall–Kier alpha value is -9.43. The van der Waals surface area contributed by atoms with Gasteiger partial charge in [-0.15, -0.1) is 0 Å². The van der Waals surface area contributed by atoms with E-state index < -0.39 is 0 Å². The monoisotopic (exact) mass is 842 g/mol. The van der Waals surface area contributed by atoms with Gasteiger partial charge in [-0.2, -0.15) is 10.5 Å². The number of aromatic nitrogens is 4. The summed E-state index contributed by atoms with van der Waals surface area (Å²) >= 11 is 0. The molecule has 7 heteroatoms. The Morgan fingerprint density at radius 3 is 1.38 bits per heavy atom. The highest BCUT2D eigenvalue weighted by atomic mass is 16.3. The number of hydrogen-bond acceptors (Lipinski definition) is 6. The first-order valence-corrected chi connectivity index (χ1v) is 21.6. The number of benzene rings is 9. The molecule has 0 atom stereocenters. The molecule has 3 heterocycles. The molecule has 0 saturated heterocycles. The summed E-state index contributed by atoms with van der Waals surface area (Å²) in [6.07, 6.45) is 0. The van der Waals surface area contributed by atoms with E-state index in [4.69, 9.17) is 19.4 Å². The Morgan fingerprint density at radius 1 is 0.348 bits per heavy atom. The van der Waals surface area contributed by atoms with Crippen molar-refractivity contribution in [3.05, 3.63) is 217 Å². The molecule has 0 saturated carbocycles. The summed E-state index contributed by atoms with van der Waals surface area (Å²) in [6, 6.07) is 74.1. The maximum Gasteiger partial charge on any atom is 0.166 e. The van der Waals surface area contributed by atoms with E-state index >= 15 is 0 Å². The average Bonchev–Trinajstić information content (AvgIpc) is 3.93. The largest absolute Gasteiger partial charge is 0.456 e. The fraction of sp³-hybridized carbons (Fsp3) is 0. The van der Waals surface area contributed by atoms with Crippen molar-refractivity contribution in [2.75, 3.05) is 0 Å². The molecular formula is C59H34N6O. The van der Waals surface area contributed by atoms with Gasteiger partial charge in [0.25, 0.3) is 0 Å². The topological polar surface area (TPSA) is 104 Å². The zero-order valence-electron chi connectivity index (χ0n) is 35.2. The fourth-order valence-corrected chi connectivity index (χ4v) is 9.04. The van der Waals surface area contributed by atoms with Crippen LogP contribution >= 0.6 is 0 Å². The van der Waals surface area contributed by atoms with Gasteiger partial charge in [0.2, 0.25) is 0 Å². The lowest BCUT2D eigenvalue weighted by Crippen LogP contribution is -2.04. The van der Waals surface area contributed by atoms with Gasteiger partial charge in [0.15, 0.2) is 17.5 Å². The van der Waals surface area contributed by atoms with Crippen molar-refractivity contribution in [3.8, 4) is 85.4 Å². The molecule has 7 nitrogen and oxygen atoms in total. The van der Waals surface area contributed by atoms with Crippen LogP contribution in [-0.4, -0.2) is 19.5 Å². The van der Waals surface area contributed by atoms with Crippen LogP contribution in [0.4, 0.5) is 0 Å². The number of nitriles is 2. The second kappa shape index (κ2) is 15.7. The molecule has 306 valence electrons. The van der Waals surface area contributed by atoms with E-state index in [-0.39, 0.29) is 0 Å². The average molecular weight is 843 g/mol. The number of hydrogen-bond donors (Lipinski definition) is 0. The van der Waals surface area contributed by atoms with E-state index in [9.17, 15) is 10.5 Å². The molecule has 0 bridgehead atoms. The number of furan rings is 1. The van der Waals surface area contributed by atoms with Gasteiger partial charge in [0, 0.05) is 38.2 Å². The van der Waals surface area contributed by atoms with Gasteiger partial charge in [0.05, 0.1) is 40.0 Å². The number of nitrogens with zero attached hydrogens (tertiary/aromatic N) is 6. The highest BCUT2D eigenvalue weighted by Crippen LogP contribution is 2.42. The Kier molecular flexibility index (Phi) is 9.12. The van der Waals surface area contributed by atoms with Gasteiger partial charge in [-0.25, -0.2) is 15.0 Å². The molecule has 3 aromatic heterocycles. The van der Waals surface area contributed by atoms with E-state index in [1.165, 1.54) is 0 Å². The van der Waals surface area contributed by atoms with E-state index in [0.29, 0.717) is 28.6 Å². The van der Waals surface area contributed by atoms with Crippen molar-refractivity contribution in [2.45, 2.75) is 0 Å². The minimum atomic E-state index is 0.530. The number of fused-ring (bicyclic) bond motifs is 6. The van der Waals surface area contributed by atoms with Crippen LogP contribution in [0.3, 0.4) is 0 Å². The van der Waals surface area contributed by atoms with E-state index in [0.717, 1.165) is 99.5 Å². The predicted octanol–water partition coefficient (Wildman–Crippen LogP) is 14.6. The second-order valence-electron chi connectivity index (χ2n) is 16.3. The molecular weight excluding hydrogens is 809 g/mol. The van der Waals surface area contributed by atoms with Crippen LogP contribution in [0.1, 0.15) is 11.1 Å². The molecule has 9 aromatic carbocycles. The van der Waals surface area contributed by atoms with Gasteiger partial charge >= 0.3 is 0 Å². The lowest BCUT2D eigenvalue weighted by molar-refractivity contribution is 0.669. The highest BCUT2D eigenvalue weighted by molar-refractivity contribution is 6.12. The molecule has 0 N–H and O–H groups in total. The standard InChI is InChI=1S/C59H34N6O/c60-35-37-15-19-39(20-16-37)43-24-28-52-49(31-43)50-32-44(40-21-17-38(36-61)18-22-40)25-29-53(50)65(52)54-30-26-45(46-23-27-48-47-13-7-8-14-55(47)66-56(48)34-46)33-51(54)59-63-57(41-9-3-1-4-10-41)62-58(64-59)42-11-5-2-6-12-42/h1-34H. The molecule has 0 aliphatic rings. The molecule has 0 radical (unpaired) electrons. The quantitative estimate of drug-likeness (QED) is 0.158. The Labute approximate surface area is 379 Å². The Balaban J connectivity index is 1.13. The first kappa shape index (κ1) is 38.3. The number of para-hydroxylation sites is 1. The third kappa shape index (κ3) is 6.64. The minimum absolute atomic E-state index is 0.530. The van der Waals surface area contributed by atoms with Crippen LogP contribution in [0.15, 0.2) is 211 Å². The van der Waals surface area contributed by atoms with Gasteiger partial charge in [0.1, 0.15) is 11.2 Å². The molecule has 0 amide bonds. The van der Waals surface area contributed by atoms with Crippen molar-refractivity contribution >= 4 is 43.7 Å². The van der Waals surface area contributed by atoms with Crippen molar-refractivity contribution in [1.82, 2.24) is 19.5 Å². The van der Waals surface area contributed by atoms with E-state index in [1.54, 1.807) is 0 Å². The lowest BCUT2D eigenvalue weighted by atomic mass is 9.99. The summed E-state index contributed by atoms with van der Waals surface area (Å²) in [5.74, 6) is 1.67. The van der Waals surface area contributed by atoms with Crippen LogP contribution in [-0.2, 0) is 0 Å². The zero-order chi connectivity index (χ0) is 44.1. The van der Waals surface area contributed by atoms with Crippen LogP contribution in [0.25, 0.3) is 117 Å². The molecule has 12 rings (SSSR count). The normalized spacial score (nSPS) is 11.3. The van der Waals surface area contributed by atoms with Crippen molar-refractivity contribution in [1.29, 1.82) is 10.5 Å². The smallest absolute Gasteiger partial charge is 0.166 e. The van der Waals surface area contributed by atoms with Crippen molar-refractivity contribution in [2.24, 2.45) is 0 Å². The Bertz CT molecular complexity index is 3760. The van der Waals surface area contributed by atoms with E-state index in [1.807, 2.05) is 127 Å². The lowest BCUT2D eigenvalue weighted by Gasteiger charge is -2.16. The molecule has 12 aromatic rings. The molecule has 0 aliphatic heterocycles. The SMILES string of the molecule is N#Cc1ccc(-c2ccc3c(c2)c2cc(-c4ccc(C#N)cc4)ccc2n3-c2ccc(-c3ccc4c(c3)oc3ccccc34)cc2-c2nc(-c3ccccc3)nc(-c3ccccc3)n2)cc1. The summed E-state index contributed by atoms with van der Waals surface area (Å²) in [5, 5.41) is 23.3. The van der Waals surface area contributed by atoms with Crippen LogP contribution < -0.4 is 0 Å². The third-order valence-corrected chi connectivity index (χ3v) is 12.3. The van der Waals surface area contributed by atoms with E-state index in [2.05, 4.69) is 95.6 Å². The summed E-state index contributed by atoms with van der Waals surface area (Å²) in [5.41, 5.74) is 14.4. The van der Waals surface area contributed by atoms with Crippen LogP contribution in [0.2, 0.25) is 0 Å². The first-order chi connectivity index (χ1) is 32.6. The van der Waals surface area contributed by atoms with Gasteiger partial charge < -0.3 is 8.98 Å². The maximum absolute atomic E-state index is 9.54. The zero-order valence-corrected chi connectivity index (χ0v) is 35.2. The molecule has 0 aliphatic carbocycles. The summed E-state index contributed by atoms with van der Waals surface area (Å²) < 4.78 is 8.69. The first-order valence-electron chi connectivity index (χ1n) is 21.6. The minimum Gasteiger partial charge on any atom is -0.456 e. The molecule has 0 spiro atoms. The predicted molar refractivity (Wildman–Crippen MR) is 263 cm³/mol. The second-order valence-corrected chi connectivity index (χ2v) is 16.3. The molecule has 66 heavy (non-hydrogen) atoms. The fourth-order valence-electron chi connectivity index (χ4n) is 9.04. The van der Waals surface area contributed by atoms with Gasteiger partial charge in [-0.3, -0.25) is 0 Å². The molecule has 0 fully saturated rings. The summed E-state index contributed by atoms with van der Waals surface area (Å²) in [6.45, 7) is 0.